The summed E-state index contributed by atoms with van der Waals surface area (Å²) in [6, 6.07) is 7.01. The first-order valence-corrected chi connectivity index (χ1v) is 6.75. The zero-order chi connectivity index (χ0) is 15.1. The van der Waals surface area contributed by atoms with E-state index < -0.39 is 11.9 Å². The molecule has 1 aromatic carbocycles. The van der Waals surface area contributed by atoms with Crippen molar-refractivity contribution in [3.8, 4) is 5.75 Å². The fraction of sp³-hybridized carbons (Fsp3) is 0.467. The summed E-state index contributed by atoms with van der Waals surface area (Å²) in [5.74, 6) is -1.18. The van der Waals surface area contributed by atoms with E-state index in [1.54, 1.807) is 31.2 Å². The number of aliphatic carboxylic acids is 1. The molecule has 0 saturated heterocycles. The van der Waals surface area contributed by atoms with Crippen molar-refractivity contribution in [3.05, 3.63) is 29.8 Å². The normalized spacial score (nSPS) is 11.8. The van der Waals surface area contributed by atoms with Crippen LogP contribution in [-0.2, 0) is 4.79 Å². The number of para-hydroxylation sites is 1. The smallest absolute Gasteiger partial charge is 0.308 e. The highest BCUT2D eigenvalue weighted by molar-refractivity contribution is 5.97. The second kappa shape index (κ2) is 7.53. The van der Waals surface area contributed by atoms with Crippen LogP contribution >= 0.6 is 0 Å². The van der Waals surface area contributed by atoms with Gasteiger partial charge in [0.2, 0.25) is 0 Å². The lowest BCUT2D eigenvalue weighted by Crippen LogP contribution is -2.37. The zero-order valence-electron chi connectivity index (χ0n) is 12.1. The van der Waals surface area contributed by atoms with Gasteiger partial charge in [-0.25, -0.2) is 0 Å². The first-order valence-electron chi connectivity index (χ1n) is 6.75. The third kappa shape index (κ3) is 3.98. The number of hydrogen-bond acceptors (Lipinski definition) is 3. The van der Waals surface area contributed by atoms with Gasteiger partial charge in [-0.05, 0) is 26.0 Å². The van der Waals surface area contributed by atoms with Gasteiger partial charge in [0.15, 0.2) is 0 Å². The van der Waals surface area contributed by atoms with Gasteiger partial charge in [-0.1, -0.05) is 19.1 Å². The molecule has 0 spiro atoms. The number of rotatable bonds is 7. The van der Waals surface area contributed by atoms with Gasteiger partial charge in [0.1, 0.15) is 5.75 Å². The number of carbonyl (C=O) groups is 2. The number of carbonyl (C=O) groups excluding carboxylic acids is 1. The highest BCUT2D eigenvalue weighted by Crippen LogP contribution is 2.20. The first kappa shape index (κ1) is 16.0. The Hall–Kier alpha value is -2.04. The van der Waals surface area contributed by atoms with Gasteiger partial charge in [-0.3, -0.25) is 9.59 Å². The van der Waals surface area contributed by atoms with Gasteiger partial charge >= 0.3 is 5.97 Å². The van der Waals surface area contributed by atoms with Crippen LogP contribution in [0.3, 0.4) is 0 Å². The molecule has 5 heteroatoms. The van der Waals surface area contributed by atoms with Crippen LogP contribution in [0.1, 0.15) is 31.1 Å². The molecule has 0 aliphatic carbocycles. The zero-order valence-corrected chi connectivity index (χ0v) is 12.1. The summed E-state index contributed by atoms with van der Waals surface area (Å²) in [7, 11) is 0. The van der Waals surface area contributed by atoms with E-state index in [9.17, 15) is 9.59 Å². The minimum absolute atomic E-state index is 0.186. The number of carboxylic acids is 1. The number of hydrogen-bond donors (Lipinski definition) is 1. The Morgan fingerprint density at radius 2 is 1.95 bits per heavy atom. The number of carboxylic acid groups (broad SMARTS) is 1. The maximum absolute atomic E-state index is 12.5. The van der Waals surface area contributed by atoms with Crippen molar-refractivity contribution < 1.29 is 19.4 Å². The molecule has 0 aliphatic heterocycles. The Kier molecular flexibility index (Phi) is 6.03. The van der Waals surface area contributed by atoms with Crippen LogP contribution in [0.2, 0.25) is 0 Å². The lowest BCUT2D eigenvalue weighted by atomic mass is 10.1. The summed E-state index contributed by atoms with van der Waals surface area (Å²) >= 11 is 0. The molecule has 0 aliphatic rings. The van der Waals surface area contributed by atoms with Crippen LogP contribution in [0, 0.1) is 5.92 Å². The topological polar surface area (TPSA) is 66.8 Å². The Bertz CT molecular complexity index is 473. The predicted molar refractivity (Wildman–Crippen MR) is 76.0 cm³/mol. The van der Waals surface area contributed by atoms with E-state index in [0.717, 1.165) is 0 Å². The second-order valence-electron chi connectivity index (χ2n) is 4.51. The van der Waals surface area contributed by atoms with E-state index in [1.165, 1.54) is 4.90 Å². The van der Waals surface area contributed by atoms with Crippen LogP contribution in [0.5, 0.6) is 5.75 Å². The van der Waals surface area contributed by atoms with Crippen LogP contribution in [0.15, 0.2) is 24.3 Å². The van der Waals surface area contributed by atoms with E-state index >= 15 is 0 Å². The quantitative estimate of drug-likeness (QED) is 0.831. The molecule has 110 valence electrons. The Balaban J connectivity index is 2.93. The molecule has 1 N–H and O–H groups in total. The molecule has 0 aromatic heterocycles. The van der Waals surface area contributed by atoms with Gasteiger partial charge in [0.25, 0.3) is 5.91 Å². The van der Waals surface area contributed by atoms with Gasteiger partial charge in [-0.2, -0.15) is 0 Å². The Labute approximate surface area is 119 Å². The third-order valence-corrected chi connectivity index (χ3v) is 3.00. The molecule has 0 fully saturated rings. The molecule has 1 rings (SSSR count). The summed E-state index contributed by atoms with van der Waals surface area (Å²) in [4.78, 5) is 24.9. The van der Waals surface area contributed by atoms with Gasteiger partial charge < -0.3 is 14.7 Å². The van der Waals surface area contributed by atoms with Gasteiger partial charge in [0.05, 0.1) is 18.1 Å². The number of nitrogens with zero attached hydrogens (tertiary/aromatic N) is 1. The van der Waals surface area contributed by atoms with Gasteiger partial charge in [-0.15, -0.1) is 0 Å². The molecule has 1 atom stereocenters. The van der Waals surface area contributed by atoms with E-state index in [-0.39, 0.29) is 12.5 Å². The molecule has 1 unspecified atom stereocenters. The average molecular weight is 279 g/mol. The maximum Gasteiger partial charge on any atom is 0.308 e. The fourth-order valence-electron chi connectivity index (χ4n) is 1.86. The van der Waals surface area contributed by atoms with Crippen molar-refractivity contribution in [2.24, 2.45) is 5.92 Å². The number of ether oxygens (including phenoxy) is 1. The first-order chi connectivity index (χ1) is 9.51. The molecule has 0 heterocycles. The average Bonchev–Trinajstić information content (AvgIpc) is 2.44. The van der Waals surface area contributed by atoms with Crippen molar-refractivity contribution in [2.75, 3.05) is 19.7 Å². The minimum atomic E-state index is -0.908. The second-order valence-corrected chi connectivity index (χ2v) is 4.51. The molecular weight excluding hydrogens is 258 g/mol. The number of amides is 1. The van der Waals surface area contributed by atoms with E-state index in [1.807, 2.05) is 13.8 Å². The molecule has 20 heavy (non-hydrogen) atoms. The molecule has 1 amide bonds. The van der Waals surface area contributed by atoms with Gasteiger partial charge in [0, 0.05) is 13.1 Å². The SMILES string of the molecule is CCOc1ccccc1C(=O)N(CC)CC(C)C(=O)O. The standard InChI is InChI=1S/C15H21NO4/c1-4-16(10-11(3)15(18)19)14(17)12-8-6-7-9-13(12)20-5-2/h6-9,11H,4-5,10H2,1-3H3,(H,18,19). The fourth-order valence-corrected chi connectivity index (χ4v) is 1.86. The number of benzene rings is 1. The summed E-state index contributed by atoms with van der Waals surface area (Å²) in [5, 5.41) is 8.95. The molecular formula is C15H21NO4. The van der Waals surface area contributed by atoms with Crippen LogP contribution in [0.4, 0.5) is 0 Å². The van der Waals surface area contributed by atoms with Crippen molar-refractivity contribution in [1.29, 1.82) is 0 Å². The summed E-state index contributed by atoms with van der Waals surface area (Å²) in [5.41, 5.74) is 0.466. The van der Waals surface area contributed by atoms with Crippen LogP contribution in [-0.4, -0.2) is 41.6 Å². The third-order valence-electron chi connectivity index (χ3n) is 3.00. The molecule has 5 nitrogen and oxygen atoms in total. The summed E-state index contributed by atoms with van der Waals surface area (Å²) in [6.07, 6.45) is 0. The molecule has 0 radical (unpaired) electrons. The molecule has 0 saturated carbocycles. The van der Waals surface area contributed by atoms with E-state index in [2.05, 4.69) is 0 Å². The van der Waals surface area contributed by atoms with Crippen molar-refractivity contribution >= 4 is 11.9 Å². The maximum atomic E-state index is 12.5. The van der Waals surface area contributed by atoms with E-state index in [4.69, 9.17) is 9.84 Å². The minimum Gasteiger partial charge on any atom is -0.493 e. The summed E-state index contributed by atoms with van der Waals surface area (Å²) < 4.78 is 5.44. The van der Waals surface area contributed by atoms with E-state index in [0.29, 0.717) is 24.5 Å². The Morgan fingerprint density at radius 3 is 2.50 bits per heavy atom. The lowest BCUT2D eigenvalue weighted by molar-refractivity contribution is -0.141. The molecule has 0 bridgehead atoms. The predicted octanol–water partition coefficient (Wildman–Crippen LogP) is 2.27. The van der Waals surface area contributed by atoms with Crippen molar-refractivity contribution in [1.82, 2.24) is 4.90 Å². The highest BCUT2D eigenvalue weighted by atomic mass is 16.5. The van der Waals surface area contributed by atoms with Crippen molar-refractivity contribution in [3.63, 3.8) is 0 Å². The van der Waals surface area contributed by atoms with Crippen LogP contribution < -0.4 is 4.74 Å². The highest BCUT2D eigenvalue weighted by Gasteiger charge is 2.22. The van der Waals surface area contributed by atoms with Crippen molar-refractivity contribution in [2.45, 2.75) is 20.8 Å². The molecule has 1 aromatic rings. The Morgan fingerprint density at radius 1 is 1.30 bits per heavy atom. The monoisotopic (exact) mass is 279 g/mol. The largest absolute Gasteiger partial charge is 0.493 e. The summed E-state index contributed by atoms with van der Waals surface area (Å²) in [6.45, 7) is 6.39. The lowest BCUT2D eigenvalue weighted by Gasteiger charge is -2.23. The van der Waals surface area contributed by atoms with Crippen LogP contribution in [0.25, 0.3) is 0 Å².